The Hall–Kier alpha value is -3.86. The Bertz CT molecular complexity index is 1240. The highest BCUT2D eigenvalue weighted by Crippen LogP contribution is 2.15. The zero-order chi connectivity index (χ0) is 21.7. The second kappa shape index (κ2) is 8.66. The molecule has 2 aromatic heterocycles. The number of nitrogens with zero attached hydrogens (tertiary/aromatic N) is 3. The lowest BCUT2D eigenvalue weighted by Gasteiger charge is -2.09. The summed E-state index contributed by atoms with van der Waals surface area (Å²) in [6, 6.07) is 11.6. The molecule has 2 amide bonds. The van der Waals surface area contributed by atoms with Crippen molar-refractivity contribution in [1.29, 1.82) is 0 Å². The molecule has 11 heteroatoms. The number of hydrogen-bond acceptors (Lipinski definition) is 7. The van der Waals surface area contributed by atoms with Gasteiger partial charge in [0.1, 0.15) is 6.54 Å². The molecular formula is C19H17N5O5S. The smallest absolute Gasteiger partial charge is 0.267 e. The van der Waals surface area contributed by atoms with Gasteiger partial charge in [0.25, 0.3) is 15.6 Å². The largest absolute Gasteiger partial charge is 0.324 e. The van der Waals surface area contributed by atoms with Crippen LogP contribution in [0.15, 0.2) is 70.6 Å². The number of carbonyl (C=O) groups excluding carboxylic acids is 2. The lowest BCUT2D eigenvalue weighted by molar-refractivity contribution is -0.118. The van der Waals surface area contributed by atoms with Gasteiger partial charge in [-0.2, -0.15) is 5.10 Å². The van der Waals surface area contributed by atoms with Crippen molar-refractivity contribution in [3.63, 3.8) is 0 Å². The number of carbonyl (C=O) groups is 2. The van der Waals surface area contributed by atoms with E-state index >= 15 is 0 Å². The van der Waals surface area contributed by atoms with Crippen LogP contribution in [0.3, 0.4) is 0 Å². The van der Waals surface area contributed by atoms with Gasteiger partial charge in [0.05, 0.1) is 10.6 Å². The topological polar surface area (TPSA) is 140 Å². The minimum absolute atomic E-state index is 0.127. The zero-order valence-electron chi connectivity index (χ0n) is 15.8. The first-order chi connectivity index (χ1) is 14.2. The number of anilines is 1. The maximum Gasteiger partial charge on any atom is 0.267 e. The van der Waals surface area contributed by atoms with Crippen LogP contribution in [-0.4, -0.2) is 35.0 Å². The van der Waals surface area contributed by atoms with Crippen LogP contribution in [0.4, 0.5) is 5.69 Å². The highest BCUT2D eigenvalue weighted by atomic mass is 32.2. The monoisotopic (exact) mass is 427 g/mol. The van der Waals surface area contributed by atoms with Crippen LogP contribution in [0.2, 0.25) is 0 Å². The fraction of sp³-hybridized carbons (Fsp3) is 0.105. The molecule has 2 heterocycles. The highest BCUT2D eigenvalue weighted by molar-refractivity contribution is 7.90. The van der Waals surface area contributed by atoms with Gasteiger partial charge in [-0.25, -0.2) is 17.8 Å². The maximum atomic E-state index is 12.3. The number of pyridine rings is 1. The van der Waals surface area contributed by atoms with Crippen LogP contribution >= 0.6 is 0 Å². The predicted octanol–water partition coefficient (Wildman–Crippen LogP) is 0.769. The molecule has 0 aliphatic heterocycles. The van der Waals surface area contributed by atoms with E-state index in [1.807, 2.05) is 4.72 Å². The Morgan fingerprint density at radius 1 is 1.07 bits per heavy atom. The van der Waals surface area contributed by atoms with E-state index in [0.717, 1.165) is 11.6 Å². The number of amides is 2. The van der Waals surface area contributed by atoms with E-state index in [-0.39, 0.29) is 11.4 Å². The van der Waals surface area contributed by atoms with Crippen LogP contribution in [0, 0.1) is 0 Å². The van der Waals surface area contributed by atoms with Gasteiger partial charge in [0.15, 0.2) is 0 Å². The molecule has 3 rings (SSSR count). The van der Waals surface area contributed by atoms with E-state index in [0.29, 0.717) is 16.9 Å². The molecule has 2 N–H and O–H groups in total. The average molecular weight is 427 g/mol. The summed E-state index contributed by atoms with van der Waals surface area (Å²) in [7, 11) is -3.96. The summed E-state index contributed by atoms with van der Waals surface area (Å²) in [6.07, 6.45) is 3.20. The normalized spacial score (nSPS) is 11.0. The van der Waals surface area contributed by atoms with Crippen LogP contribution in [0.5, 0.6) is 0 Å². The quantitative estimate of drug-likeness (QED) is 0.592. The Kier molecular flexibility index (Phi) is 6.02. The summed E-state index contributed by atoms with van der Waals surface area (Å²) in [5, 5.41) is 6.75. The molecule has 3 aromatic rings. The van der Waals surface area contributed by atoms with Crippen LogP contribution in [0.1, 0.15) is 6.92 Å². The minimum atomic E-state index is -3.96. The second-order valence-corrected chi connectivity index (χ2v) is 7.87. The Labute approximate surface area is 171 Å². The molecule has 0 bridgehead atoms. The van der Waals surface area contributed by atoms with Crippen molar-refractivity contribution in [2.75, 3.05) is 5.32 Å². The molecule has 0 aliphatic rings. The molecule has 0 atom stereocenters. The summed E-state index contributed by atoms with van der Waals surface area (Å²) < 4.78 is 26.7. The molecule has 0 fully saturated rings. The maximum absolute atomic E-state index is 12.3. The van der Waals surface area contributed by atoms with Gasteiger partial charge in [-0.15, -0.1) is 0 Å². The number of aromatic nitrogens is 3. The van der Waals surface area contributed by atoms with Crippen LogP contribution in [0.25, 0.3) is 11.3 Å². The third-order valence-corrected chi connectivity index (χ3v) is 5.29. The van der Waals surface area contributed by atoms with Gasteiger partial charge in [-0.3, -0.25) is 19.4 Å². The van der Waals surface area contributed by atoms with Crippen molar-refractivity contribution in [3.8, 4) is 11.3 Å². The van der Waals surface area contributed by atoms with Gasteiger partial charge < -0.3 is 5.32 Å². The molecule has 0 saturated heterocycles. The number of nitrogens with one attached hydrogen (secondary N) is 2. The van der Waals surface area contributed by atoms with E-state index in [1.54, 1.807) is 30.6 Å². The van der Waals surface area contributed by atoms with E-state index < -0.39 is 27.4 Å². The summed E-state index contributed by atoms with van der Waals surface area (Å²) in [5.74, 6) is -1.23. The molecule has 1 aromatic carbocycles. The zero-order valence-corrected chi connectivity index (χ0v) is 16.6. The van der Waals surface area contributed by atoms with Crippen LogP contribution < -0.4 is 15.6 Å². The van der Waals surface area contributed by atoms with Crippen LogP contribution in [-0.2, 0) is 26.2 Å². The fourth-order valence-corrected chi connectivity index (χ4v) is 3.52. The Morgan fingerprint density at radius 3 is 2.43 bits per heavy atom. The Morgan fingerprint density at radius 2 is 1.80 bits per heavy atom. The molecule has 0 radical (unpaired) electrons. The van der Waals surface area contributed by atoms with Gasteiger partial charge in [0, 0.05) is 36.6 Å². The minimum Gasteiger partial charge on any atom is -0.324 e. The van der Waals surface area contributed by atoms with E-state index in [1.165, 1.54) is 30.3 Å². The molecular weight excluding hydrogens is 410 g/mol. The summed E-state index contributed by atoms with van der Waals surface area (Å²) in [4.78, 5) is 39.2. The van der Waals surface area contributed by atoms with Crippen molar-refractivity contribution < 1.29 is 18.0 Å². The van der Waals surface area contributed by atoms with Crippen molar-refractivity contribution in [2.45, 2.75) is 18.4 Å². The first-order valence-corrected chi connectivity index (χ1v) is 10.1. The fourth-order valence-electron chi connectivity index (χ4n) is 2.53. The lowest BCUT2D eigenvalue weighted by Crippen LogP contribution is -2.29. The first kappa shape index (κ1) is 20.9. The molecule has 154 valence electrons. The van der Waals surface area contributed by atoms with Gasteiger partial charge in [-0.1, -0.05) is 0 Å². The predicted molar refractivity (Wildman–Crippen MR) is 108 cm³/mol. The average Bonchev–Trinajstić information content (AvgIpc) is 2.70. The Balaban J connectivity index is 1.72. The number of sulfonamides is 1. The lowest BCUT2D eigenvalue weighted by atomic mass is 10.2. The molecule has 0 aliphatic carbocycles. The van der Waals surface area contributed by atoms with E-state index in [2.05, 4.69) is 15.4 Å². The number of rotatable bonds is 6. The standard InChI is InChI=1S/C19H17N5O5S/c1-13(25)23-30(28,29)16-6-4-15(5-7-16)21-18(26)12-24-19(27)9-8-17(22-24)14-3-2-10-20-11-14/h2-11H,12H2,1H3,(H,21,26)(H,23,25). The van der Waals surface area contributed by atoms with Crippen molar-refractivity contribution in [2.24, 2.45) is 0 Å². The number of hydrogen-bond donors (Lipinski definition) is 2. The highest BCUT2D eigenvalue weighted by Gasteiger charge is 2.15. The van der Waals surface area contributed by atoms with Gasteiger partial charge in [-0.05, 0) is 42.5 Å². The summed E-state index contributed by atoms with van der Waals surface area (Å²) in [5.41, 5.74) is 1.05. The molecule has 0 saturated carbocycles. The summed E-state index contributed by atoms with van der Waals surface area (Å²) >= 11 is 0. The number of benzene rings is 1. The summed E-state index contributed by atoms with van der Waals surface area (Å²) in [6.45, 7) is 0.754. The second-order valence-electron chi connectivity index (χ2n) is 6.19. The van der Waals surface area contributed by atoms with Crippen molar-refractivity contribution in [1.82, 2.24) is 19.5 Å². The third-order valence-electron chi connectivity index (χ3n) is 3.84. The molecule has 30 heavy (non-hydrogen) atoms. The van der Waals surface area contributed by atoms with Gasteiger partial charge >= 0.3 is 0 Å². The molecule has 0 spiro atoms. The van der Waals surface area contributed by atoms with Crippen molar-refractivity contribution in [3.05, 3.63) is 71.3 Å². The van der Waals surface area contributed by atoms with E-state index in [9.17, 15) is 22.8 Å². The van der Waals surface area contributed by atoms with Crippen molar-refractivity contribution >= 4 is 27.5 Å². The van der Waals surface area contributed by atoms with E-state index in [4.69, 9.17) is 0 Å². The first-order valence-electron chi connectivity index (χ1n) is 8.66. The molecule has 10 nitrogen and oxygen atoms in total. The van der Waals surface area contributed by atoms with Gasteiger partial charge in [0.2, 0.25) is 11.8 Å². The SMILES string of the molecule is CC(=O)NS(=O)(=O)c1ccc(NC(=O)Cn2nc(-c3cccnc3)ccc2=O)cc1. The molecule has 0 unspecified atom stereocenters. The third kappa shape index (κ3) is 5.14.